The molecule has 0 spiro atoms. The van der Waals surface area contributed by atoms with E-state index in [0.717, 1.165) is 76.7 Å². The van der Waals surface area contributed by atoms with E-state index < -0.39 is 0 Å². The summed E-state index contributed by atoms with van der Waals surface area (Å²) in [5, 5.41) is 8.88. The highest BCUT2D eigenvalue weighted by molar-refractivity contribution is 6.28. The van der Waals surface area contributed by atoms with Gasteiger partial charge in [0.25, 0.3) is 0 Å². The van der Waals surface area contributed by atoms with Gasteiger partial charge in [-0.2, -0.15) is 0 Å². The third-order valence-electron chi connectivity index (χ3n) is 9.56. The number of rotatable bonds is 12. The molecule has 4 aromatic heterocycles. The second kappa shape index (κ2) is 12.8. The molecule has 8 rings (SSSR count). The predicted molar refractivity (Wildman–Crippen MR) is 193 cm³/mol. The molecule has 0 aliphatic heterocycles. The number of likely N-dealkylation sites (N-methyl/N-ethyl adjacent to an activating group) is 2. The number of anilines is 2. The molecular weight excluding hydrogens is 612 g/mol. The van der Waals surface area contributed by atoms with Gasteiger partial charge in [0.2, 0.25) is 0 Å². The molecule has 6 aromatic rings. The summed E-state index contributed by atoms with van der Waals surface area (Å²) >= 11 is 0. The number of carbonyl (C=O) groups is 2. The Balaban J connectivity index is 0.847. The monoisotopic (exact) mass is 648 g/mol. The molecule has 0 bridgehead atoms. The number of ketones is 2. The van der Waals surface area contributed by atoms with Gasteiger partial charge in [0, 0.05) is 89.6 Å². The fourth-order valence-electron chi connectivity index (χ4n) is 7.10. The van der Waals surface area contributed by atoms with Gasteiger partial charge < -0.3 is 20.4 Å². The Morgan fingerprint density at radius 1 is 0.551 bits per heavy atom. The van der Waals surface area contributed by atoms with Crippen molar-refractivity contribution < 1.29 is 9.59 Å². The van der Waals surface area contributed by atoms with E-state index in [2.05, 4.69) is 44.5 Å². The second-order valence-electron chi connectivity index (χ2n) is 12.8. The van der Waals surface area contributed by atoms with Gasteiger partial charge in [0.1, 0.15) is 11.6 Å². The van der Waals surface area contributed by atoms with Gasteiger partial charge in [-0.05, 0) is 63.4 Å². The van der Waals surface area contributed by atoms with Crippen LogP contribution in [0.25, 0.3) is 44.1 Å². The van der Waals surface area contributed by atoms with Crippen LogP contribution in [0.2, 0.25) is 0 Å². The van der Waals surface area contributed by atoms with Crippen molar-refractivity contribution in [2.75, 3.05) is 64.0 Å². The average molecular weight is 649 g/mol. The molecule has 10 heteroatoms. The van der Waals surface area contributed by atoms with Crippen LogP contribution in [0.3, 0.4) is 0 Å². The number of carbonyl (C=O) groups excluding carboxylic acids is 2. The topological polar surface area (TPSA) is 116 Å². The summed E-state index contributed by atoms with van der Waals surface area (Å²) < 4.78 is 0. The van der Waals surface area contributed by atoms with E-state index in [1.54, 1.807) is 30.9 Å². The Bertz CT molecular complexity index is 2110. The van der Waals surface area contributed by atoms with Gasteiger partial charge >= 0.3 is 0 Å². The lowest BCUT2D eigenvalue weighted by Crippen LogP contribution is -2.31. The van der Waals surface area contributed by atoms with Crippen molar-refractivity contribution >= 4 is 45.0 Å². The largest absolute Gasteiger partial charge is 0.368 e. The maximum atomic E-state index is 13.4. The van der Waals surface area contributed by atoms with Crippen LogP contribution >= 0.6 is 0 Å². The lowest BCUT2D eigenvalue weighted by molar-refractivity contribution is 0.103. The van der Waals surface area contributed by atoms with Crippen LogP contribution in [-0.4, -0.2) is 94.7 Å². The SMILES string of the molecule is CN(CCCN(C)CCNc1nc2ccccc2c2c1C(=O)c1ccncc1-2)CCNc1nc2ccccc2c2c1C(=O)c1cnccc1-2. The third-order valence-corrected chi connectivity index (χ3v) is 9.56. The van der Waals surface area contributed by atoms with E-state index in [4.69, 9.17) is 9.97 Å². The molecule has 2 aliphatic rings. The normalized spacial score (nSPS) is 12.9. The van der Waals surface area contributed by atoms with Crippen LogP contribution in [0.15, 0.2) is 85.5 Å². The number of fused-ring (bicyclic) bond motifs is 10. The Hall–Kier alpha value is -5.58. The number of nitrogens with zero attached hydrogens (tertiary/aromatic N) is 6. The van der Waals surface area contributed by atoms with Crippen molar-refractivity contribution in [3.8, 4) is 22.3 Å². The number of pyridine rings is 4. The van der Waals surface area contributed by atoms with Gasteiger partial charge in [-0.3, -0.25) is 19.6 Å². The lowest BCUT2D eigenvalue weighted by atomic mass is 10.0. The number of hydrogen-bond acceptors (Lipinski definition) is 10. The smallest absolute Gasteiger partial charge is 0.199 e. The Kier molecular flexibility index (Phi) is 8.03. The zero-order valence-corrected chi connectivity index (χ0v) is 27.5. The zero-order chi connectivity index (χ0) is 33.5. The first-order chi connectivity index (χ1) is 24.0. The summed E-state index contributed by atoms with van der Waals surface area (Å²) in [6.07, 6.45) is 7.84. The molecule has 10 nitrogen and oxygen atoms in total. The minimum Gasteiger partial charge on any atom is -0.368 e. The van der Waals surface area contributed by atoms with Crippen molar-refractivity contribution in [2.45, 2.75) is 6.42 Å². The molecule has 2 aromatic carbocycles. The first-order valence-corrected chi connectivity index (χ1v) is 16.7. The average Bonchev–Trinajstić information content (AvgIpc) is 3.60. The third kappa shape index (κ3) is 5.48. The predicted octanol–water partition coefficient (Wildman–Crippen LogP) is 5.77. The van der Waals surface area contributed by atoms with E-state index in [9.17, 15) is 9.59 Å². The minimum atomic E-state index is -0.0282. The van der Waals surface area contributed by atoms with Crippen molar-refractivity contribution in [2.24, 2.45) is 0 Å². The number of benzene rings is 2. The molecule has 0 radical (unpaired) electrons. The van der Waals surface area contributed by atoms with Gasteiger partial charge in [-0.15, -0.1) is 0 Å². The summed E-state index contributed by atoms with van der Waals surface area (Å²) in [7, 11) is 4.23. The van der Waals surface area contributed by atoms with E-state index >= 15 is 0 Å². The fraction of sp³-hybridized carbons (Fsp3) is 0.231. The second-order valence-corrected chi connectivity index (χ2v) is 12.8. The standard InChI is InChI=1S/C39H36N8O2/c1-46(20-16-42-38-34-32(26-8-3-5-10-30(26)44-38)24-12-14-41-23-29(24)37(34)49)18-7-19-47(2)21-17-43-39-35-33(27-9-4-6-11-31(27)45-39)28-22-40-15-13-25(28)36(35)48/h3-6,8-15,22-23H,7,16-21H2,1-2H3,(H,42,44)(H,43,45). The number of para-hydroxylation sites is 2. The Labute approximate surface area is 284 Å². The maximum absolute atomic E-state index is 13.4. The van der Waals surface area contributed by atoms with Gasteiger partial charge in [0.15, 0.2) is 11.6 Å². The minimum absolute atomic E-state index is 0.00573. The van der Waals surface area contributed by atoms with Crippen LogP contribution in [0, 0.1) is 0 Å². The lowest BCUT2D eigenvalue weighted by Gasteiger charge is -2.21. The fourth-order valence-corrected chi connectivity index (χ4v) is 7.10. The van der Waals surface area contributed by atoms with Crippen LogP contribution in [0.4, 0.5) is 11.6 Å². The number of hydrogen-bond donors (Lipinski definition) is 2. The highest BCUT2D eigenvalue weighted by Gasteiger charge is 2.33. The molecule has 2 aliphatic carbocycles. The molecule has 0 atom stereocenters. The molecule has 0 fully saturated rings. The van der Waals surface area contributed by atoms with Crippen molar-refractivity contribution in [3.63, 3.8) is 0 Å². The van der Waals surface area contributed by atoms with E-state index in [-0.39, 0.29) is 11.6 Å². The maximum Gasteiger partial charge on any atom is 0.199 e. The summed E-state index contributed by atoms with van der Waals surface area (Å²) in [6.45, 7) is 4.80. The quantitative estimate of drug-likeness (QED) is 0.169. The van der Waals surface area contributed by atoms with Crippen molar-refractivity contribution in [3.05, 3.63) is 108 Å². The van der Waals surface area contributed by atoms with Crippen LogP contribution in [0.1, 0.15) is 38.3 Å². The van der Waals surface area contributed by atoms with E-state index in [1.807, 2.05) is 54.6 Å². The first-order valence-electron chi connectivity index (χ1n) is 16.7. The molecule has 0 saturated carbocycles. The Morgan fingerprint density at radius 3 is 1.63 bits per heavy atom. The molecule has 0 saturated heterocycles. The Morgan fingerprint density at radius 2 is 1.04 bits per heavy atom. The van der Waals surface area contributed by atoms with Gasteiger partial charge in [0.05, 0.1) is 22.2 Å². The first kappa shape index (κ1) is 30.7. The molecule has 4 heterocycles. The molecular formula is C39H36N8O2. The van der Waals surface area contributed by atoms with Crippen molar-refractivity contribution in [1.82, 2.24) is 29.7 Å². The summed E-state index contributed by atoms with van der Waals surface area (Å²) in [5.41, 5.74) is 7.94. The summed E-state index contributed by atoms with van der Waals surface area (Å²) in [6, 6.07) is 19.6. The summed E-state index contributed by atoms with van der Waals surface area (Å²) in [4.78, 5) is 49.6. The highest BCUT2D eigenvalue weighted by atomic mass is 16.1. The van der Waals surface area contributed by atoms with Crippen LogP contribution < -0.4 is 10.6 Å². The molecule has 0 unspecified atom stereocenters. The van der Waals surface area contributed by atoms with Crippen molar-refractivity contribution in [1.29, 1.82) is 0 Å². The van der Waals surface area contributed by atoms with E-state index in [0.29, 0.717) is 47.0 Å². The number of aromatic nitrogens is 4. The number of nitrogens with one attached hydrogen (secondary N) is 2. The zero-order valence-electron chi connectivity index (χ0n) is 27.5. The van der Waals surface area contributed by atoms with Gasteiger partial charge in [-0.25, -0.2) is 9.97 Å². The van der Waals surface area contributed by atoms with Gasteiger partial charge in [-0.1, -0.05) is 36.4 Å². The molecule has 2 N–H and O–H groups in total. The molecule has 49 heavy (non-hydrogen) atoms. The molecule has 0 amide bonds. The summed E-state index contributed by atoms with van der Waals surface area (Å²) in [5.74, 6) is 1.22. The highest BCUT2D eigenvalue weighted by Crippen LogP contribution is 2.44. The van der Waals surface area contributed by atoms with Crippen LogP contribution in [0.5, 0.6) is 0 Å². The van der Waals surface area contributed by atoms with E-state index in [1.165, 1.54) is 0 Å². The molecule has 244 valence electrons. The van der Waals surface area contributed by atoms with Crippen LogP contribution in [-0.2, 0) is 0 Å².